The zero-order valence-electron chi connectivity index (χ0n) is 17.5. The van der Waals surface area contributed by atoms with Gasteiger partial charge < -0.3 is 19.5 Å². The van der Waals surface area contributed by atoms with Crippen LogP contribution in [-0.2, 0) is 14.3 Å². The van der Waals surface area contributed by atoms with E-state index in [1.807, 2.05) is 17.5 Å². The van der Waals surface area contributed by atoms with Crippen LogP contribution in [0.2, 0.25) is 0 Å². The number of methoxy groups -OCH3 is 2. The van der Waals surface area contributed by atoms with Crippen LogP contribution >= 0.6 is 11.3 Å². The molecule has 0 saturated carbocycles. The van der Waals surface area contributed by atoms with Crippen molar-refractivity contribution in [1.82, 2.24) is 5.32 Å². The van der Waals surface area contributed by atoms with Gasteiger partial charge >= 0.3 is 5.97 Å². The van der Waals surface area contributed by atoms with Crippen LogP contribution in [-0.4, -0.2) is 32.7 Å². The molecule has 8 heteroatoms. The Morgan fingerprint density at radius 2 is 1.88 bits per heavy atom. The lowest BCUT2D eigenvalue weighted by Gasteiger charge is -2.19. The minimum atomic E-state index is -0.470. The number of hydrogen-bond donors (Lipinski definition) is 1. The number of rotatable bonds is 9. The smallest absolute Gasteiger partial charge is 0.330 e. The third-order valence-corrected chi connectivity index (χ3v) is 5.43. The van der Waals surface area contributed by atoms with Gasteiger partial charge in [0.2, 0.25) is 0 Å². The molecular weight excluding hydrogens is 433 g/mol. The zero-order valence-corrected chi connectivity index (χ0v) is 18.4. The van der Waals surface area contributed by atoms with Crippen molar-refractivity contribution >= 4 is 29.3 Å². The van der Waals surface area contributed by atoms with Crippen molar-refractivity contribution in [2.45, 2.75) is 6.04 Å². The number of thiophene rings is 1. The molecule has 1 unspecified atom stereocenters. The van der Waals surface area contributed by atoms with Crippen LogP contribution in [0.15, 0.2) is 66.1 Å². The highest BCUT2D eigenvalue weighted by Crippen LogP contribution is 2.29. The fraction of sp³-hybridized carbons (Fsp3) is 0.167. The molecule has 1 amide bonds. The van der Waals surface area contributed by atoms with Crippen molar-refractivity contribution in [3.8, 4) is 11.5 Å². The van der Waals surface area contributed by atoms with Gasteiger partial charge in [-0.2, -0.15) is 0 Å². The van der Waals surface area contributed by atoms with Gasteiger partial charge in [0.25, 0.3) is 5.91 Å². The topological polar surface area (TPSA) is 73.9 Å². The van der Waals surface area contributed by atoms with Gasteiger partial charge in [0.15, 0.2) is 18.1 Å². The van der Waals surface area contributed by atoms with E-state index in [0.717, 1.165) is 10.4 Å². The quantitative estimate of drug-likeness (QED) is 0.383. The highest BCUT2D eigenvalue weighted by Gasteiger charge is 2.19. The second-order valence-corrected chi connectivity index (χ2v) is 7.60. The van der Waals surface area contributed by atoms with Crippen molar-refractivity contribution in [2.24, 2.45) is 0 Å². The van der Waals surface area contributed by atoms with Crippen LogP contribution < -0.4 is 14.8 Å². The monoisotopic (exact) mass is 455 g/mol. The summed E-state index contributed by atoms with van der Waals surface area (Å²) in [7, 11) is 2.78. The van der Waals surface area contributed by atoms with Gasteiger partial charge in [0.1, 0.15) is 5.82 Å². The van der Waals surface area contributed by atoms with Crippen molar-refractivity contribution in [3.05, 3.63) is 87.9 Å². The maximum Gasteiger partial charge on any atom is 0.330 e. The van der Waals surface area contributed by atoms with Crippen molar-refractivity contribution in [1.29, 1.82) is 0 Å². The van der Waals surface area contributed by atoms with Crippen molar-refractivity contribution < 1.29 is 28.2 Å². The molecule has 0 bridgehead atoms. The summed E-state index contributed by atoms with van der Waals surface area (Å²) in [5.74, 6) is -0.359. The number of hydrogen-bond acceptors (Lipinski definition) is 6. The summed E-state index contributed by atoms with van der Waals surface area (Å²) in [4.78, 5) is 24.8. The molecule has 6 nitrogen and oxygen atoms in total. The van der Waals surface area contributed by atoms with E-state index in [1.54, 1.807) is 36.4 Å². The summed E-state index contributed by atoms with van der Waals surface area (Å²) < 4.78 is 28.9. The van der Waals surface area contributed by atoms with Gasteiger partial charge in [-0.3, -0.25) is 4.79 Å². The lowest BCUT2D eigenvalue weighted by atomic mass is 10.1. The normalized spacial score (nSPS) is 11.7. The third-order valence-electron chi connectivity index (χ3n) is 4.50. The number of amides is 1. The Labute approximate surface area is 189 Å². The first-order valence-electron chi connectivity index (χ1n) is 9.65. The standard InChI is InChI=1S/C24H22FNO5S/c1-29-20-14-16(6-12-23(28)30-2)5-11-19(20)31-15-22(27)26-24(21-4-3-13-32-21)17-7-9-18(25)10-8-17/h3-14,24H,15H2,1-2H3,(H,26,27)/b12-6+. The maximum absolute atomic E-state index is 13.3. The van der Waals surface area contributed by atoms with E-state index >= 15 is 0 Å². The highest BCUT2D eigenvalue weighted by molar-refractivity contribution is 7.10. The van der Waals surface area contributed by atoms with Gasteiger partial charge in [0.05, 0.1) is 20.3 Å². The fourth-order valence-corrected chi connectivity index (χ4v) is 3.72. The minimum absolute atomic E-state index is 0.239. The second-order valence-electron chi connectivity index (χ2n) is 6.62. The molecule has 1 atom stereocenters. The predicted octanol–water partition coefficient (Wildman–Crippen LogP) is 4.37. The lowest BCUT2D eigenvalue weighted by Crippen LogP contribution is -2.33. The Bertz CT molecular complexity index is 1080. The van der Waals surface area contributed by atoms with Gasteiger partial charge in [-0.1, -0.05) is 24.3 Å². The highest BCUT2D eigenvalue weighted by atomic mass is 32.1. The first-order chi connectivity index (χ1) is 15.5. The molecule has 32 heavy (non-hydrogen) atoms. The molecule has 1 aromatic heterocycles. The van der Waals surface area contributed by atoms with E-state index in [2.05, 4.69) is 10.1 Å². The largest absolute Gasteiger partial charge is 0.493 e. The fourth-order valence-electron chi connectivity index (χ4n) is 2.91. The van der Waals surface area contributed by atoms with E-state index < -0.39 is 12.0 Å². The Morgan fingerprint density at radius 3 is 2.53 bits per heavy atom. The SMILES string of the molecule is COC(=O)/C=C/c1ccc(OCC(=O)NC(c2ccc(F)cc2)c2cccs2)c(OC)c1. The number of ether oxygens (including phenoxy) is 3. The Kier molecular flexibility index (Phi) is 7.99. The molecule has 3 rings (SSSR count). The van der Waals surface area contributed by atoms with E-state index in [-0.39, 0.29) is 18.3 Å². The first kappa shape index (κ1) is 23.0. The van der Waals surface area contributed by atoms with Crippen molar-refractivity contribution in [3.63, 3.8) is 0 Å². The van der Waals surface area contributed by atoms with Crippen LogP contribution in [0.4, 0.5) is 4.39 Å². The lowest BCUT2D eigenvalue weighted by molar-refractivity contribution is -0.134. The van der Waals surface area contributed by atoms with E-state index in [1.165, 1.54) is 43.8 Å². The molecule has 1 heterocycles. The summed E-state index contributed by atoms with van der Waals surface area (Å²) >= 11 is 1.49. The molecule has 0 fully saturated rings. The number of carbonyl (C=O) groups is 2. The number of halogens is 1. The Hall–Kier alpha value is -3.65. The minimum Gasteiger partial charge on any atom is -0.493 e. The number of carbonyl (C=O) groups excluding carboxylic acids is 2. The number of esters is 1. The van der Waals surface area contributed by atoms with Crippen LogP contribution in [0, 0.1) is 5.82 Å². The summed E-state index contributed by atoms with van der Waals surface area (Å²) in [6, 6.07) is 14.4. The molecule has 3 aromatic rings. The summed E-state index contributed by atoms with van der Waals surface area (Å²) in [5, 5.41) is 4.85. The average Bonchev–Trinajstić information content (AvgIpc) is 3.35. The first-order valence-corrected chi connectivity index (χ1v) is 10.5. The number of benzene rings is 2. The van der Waals surface area contributed by atoms with Crippen molar-refractivity contribution in [2.75, 3.05) is 20.8 Å². The second kappa shape index (κ2) is 11.1. The van der Waals surface area contributed by atoms with Gasteiger partial charge in [-0.25, -0.2) is 9.18 Å². The molecular formula is C24H22FNO5S. The molecule has 0 aliphatic carbocycles. The van der Waals surface area contributed by atoms with E-state index in [0.29, 0.717) is 17.1 Å². The van der Waals surface area contributed by atoms with Crippen LogP contribution in [0.5, 0.6) is 11.5 Å². The predicted molar refractivity (Wildman–Crippen MR) is 120 cm³/mol. The number of nitrogens with one attached hydrogen (secondary N) is 1. The van der Waals surface area contributed by atoms with Crippen LogP contribution in [0.3, 0.4) is 0 Å². The summed E-state index contributed by atoms with van der Waals surface area (Å²) in [5.41, 5.74) is 1.47. The van der Waals surface area contributed by atoms with Crippen LogP contribution in [0.25, 0.3) is 6.08 Å². The van der Waals surface area contributed by atoms with Gasteiger partial charge in [0, 0.05) is 11.0 Å². The Morgan fingerprint density at radius 1 is 1.09 bits per heavy atom. The van der Waals surface area contributed by atoms with E-state index in [9.17, 15) is 14.0 Å². The molecule has 0 saturated heterocycles. The van der Waals surface area contributed by atoms with Gasteiger partial charge in [-0.05, 0) is 52.9 Å². The van der Waals surface area contributed by atoms with Gasteiger partial charge in [-0.15, -0.1) is 11.3 Å². The maximum atomic E-state index is 13.3. The Balaban J connectivity index is 1.68. The summed E-state index contributed by atoms with van der Waals surface area (Å²) in [6.07, 6.45) is 2.88. The van der Waals surface area contributed by atoms with Crippen LogP contribution in [0.1, 0.15) is 22.0 Å². The molecule has 0 radical (unpaired) electrons. The molecule has 0 aliphatic rings. The summed E-state index contributed by atoms with van der Waals surface area (Å²) in [6.45, 7) is -0.239. The molecule has 2 aromatic carbocycles. The molecule has 1 N–H and O–H groups in total. The third kappa shape index (κ3) is 6.18. The molecule has 0 spiro atoms. The zero-order chi connectivity index (χ0) is 22.9. The van der Waals surface area contributed by atoms with E-state index in [4.69, 9.17) is 9.47 Å². The molecule has 0 aliphatic heterocycles. The average molecular weight is 456 g/mol. The molecule has 166 valence electrons.